The van der Waals surface area contributed by atoms with Crippen LogP contribution in [0.15, 0.2) is 140 Å². The average molecular weight is 1090 g/mol. The first-order valence-electron chi connectivity index (χ1n) is 23.3. The van der Waals surface area contributed by atoms with Gasteiger partial charge in [0.25, 0.3) is 0 Å². The lowest BCUT2D eigenvalue weighted by Gasteiger charge is -2.14. The van der Waals surface area contributed by atoms with E-state index in [4.69, 9.17) is 38.4 Å². The summed E-state index contributed by atoms with van der Waals surface area (Å²) >= 11 is 11.7. The Kier molecular flexibility index (Phi) is 21.2. The monoisotopic (exact) mass is 1090 g/mol. The summed E-state index contributed by atoms with van der Waals surface area (Å²) in [4.78, 5) is 54.6. The van der Waals surface area contributed by atoms with Crippen molar-refractivity contribution in [2.45, 2.75) is 31.7 Å². The van der Waals surface area contributed by atoms with Crippen LogP contribution in [0.25, 0.3) is 34.4 Å². The van der Waals surface area contributed by atoms with E-state index in [-0.39, 0.29) is 27.6 Å². The first kappa shape index (κ1) is 56.9. The molecule has 0 radical (unpaired) electrons. The lowest BCUT2D eigenvalue weighted by Crippen LogP contribution is -2.10. The van der Waals surface area contributed by atoms with E-state index in [1.807, 2.05) is 24.3 Å². The SMILES string of the molecule is CCOC(=O)/C=C/c1cccc(-c2cnc(Nc3ccc(F)c(Cl)c3)nc2NCCc2cnc[nH]2)c1.CCOC(=O)/C=C/c1cccc(-c2cnc(Nc3ccc(F)c(Cl)c3)nc2S(C)(=O)=O)c1.NCCc1cnc[nH]1. The number of halogens is 4. The summed E-state index contributed by atoms with van der Waals surface area (Å²) in [5, 5.41) is 8.97. The number of rotatable bonds is 19. The number of hydrogen-bond acceptors (Lipinski definition) is 16. The van der Waals surface area contributed by atoms with Crippen LogP contribution in [0.5, 0.6) is 0 Å². The van der Waals surface area contributed by atoms with Gasteiger partial charge in [0.05, 0.1) is 35.9 Å². The van der Waals surface area contributed by atoms with E-state index >= 15 is 0 Å². The molecule has 0 atom stereocenters. The second kappa shape index (κ2) is 28.3. The van der Waals surface area contributed by atoms with Gasteiger partial charge in [-0.25, -0.2) is 51.7 Å². The van der Waals surface area contributed by atoms with Gasteiger partial charge in [0.2, 0.25) is 11.9 Å². The van der Waals surface area contributed by atoms with Crippen LogP contribution in [-0.4, -0.2) is 92.8 Å². The third-order valence-electron chi connectivity index (χ3n) is 10.2. The van der Waals surface area contributed by atoms with Crippen molar-refractivity contribution in [3.05, 3.63) is 179 Å². The molecule has 0 aliphatic rings. The Labute approximate surface area is 447 Å². The van der Waals surface area contributed by atoms with Crippen molar-refractivity contribution in [2.75, 3.05) is 48.5 Å². The number of hydrogen-bond donors (Lipinski definition) is 6. The second-order valence-corrected chi connectivity index (χ2v) is 18.7. The van der Waals surface area contributed by atoms with Crippen molar-refractivity contribution in [3.8, 4) is 22.3 Å². The predicted octanol–water partition coefficient (Wildman–Crippen LogP) is 10.2. The van der Waals surface area contributed by atoms with Gasteiger partial charge in [-0.05, 0) is 103 Å². The number of ether oxygens (including phenoxy) is 2. The van der Waals surface area contributed by atoms with Gasteiger partial charge in [-0.15, -0.1) is 0 Å². The van der Waals surface area contributed by atoms with E-state index in [0.29, 0.717) is 65.9 Å². The van der Waals surface area contributed by atoms with Crippen LogP contribution < -0.4 is 21.7 Å². The lowest BCUT2D eigenvalue weighted by atomic mass is 10.0. The molecule has 4 aromatic carbocycles. The molecule has 4 aromatic heterocycles. The summed E-state index contributed by atoms with van der Waals surface area (Å²) in [5.74, 6) is -1.03. The standard InChI is InChI=1S/C26H24ClFN6O2.C22H19ClFN3O4S.C5H9N3/c1-2-36-24(35)9-6-17-4-3-5-18(12-17)21-15-31-26(33-19-7-8-23(28)22(27)13-19)34-25(21)30-11-10-20-14-29-16-32-20;1-3-31-20(28)10-7-14-5-4-6-15(11-14)17-13-25-22(27-21(17)32(2,29)30)26-16-8-9-19(24)18(23)12-16;6-2-1-5-3-7-4-8-5/h3-9,12-16H,2,10-11H2,1H3,(H,29,32)(H2,30,31,33,34);4-13H,3H2,1-2H3,(H,25,26,27);3-4H,1-2,6H2,(H,7,8)/b9-6+;10-7+;. The fraction of sp³-hybridized carbons (Fsp3) is 0.170. The third-order valence-corrected chi connectivity index (χ3v) is 11.8. The minimum atomic E-state index is -3.73. The number of benzene rings is 4. The van der Waals surface area contributed by atoms with Crippen LogP contribution in [0, 0.1) is 11.6 Å². The number of nitrogens with one attached hydrogen (secondary N) is 5. The van der Waals surface area contributed by atoms with Crippen LogP contribution in [-0.2, 0) is 41.7 Å². The number of anilines is 5. The Bertz CT molecular complexity index is 3390. The van der Waals surface area contributed by atoms with Crippen molar-refractivity contribution in [1.29, 1.82) is 0 Å². The Morgan fingerprint density at radius 1 is 0.684 bits per heavy atom. The lowest BCUT2D eigenvalue weighted by molar-refractivity contribution is -0.138. The van der Waals surface area contributed by atoms with Gasteiger partial charge in [-0.2, -0.15) is 4.98 Å². The Morgan fingerprint density at radius 3 is 1.66 bits per heavy atom. The van der Waals surface area contributed by atoms with Crippen LogP contribution in [0.1, 0.15) is 36.4 Å². The molecule has 8 rings (SSSR count). The number of H-pyrrole nitrogens is 2. The fourth-order valence-electron chi connectivity index (χ4n) is 6.74. The van der Waals surface area contributed by atoms with Gasteiger partial charge in [0.1, 0.15) is 17.5 Å². The summed E-state index contributed by atoms with van der Waals surface area (Å²) in [6, 6.07) is 22.8. The molecule has 0 saturated heterocycles. The summed E-state index contributed by atoms with van der Waals surface area (Å²) in [7, 11) is -3.73. The smallest absolute Gasteiger partial charge is 0.330 e. The molecular formula is C53H52Cl2F2N12O6S. The van der Waals surface area contributed by atoms with Crippen LogP contribution in [0.3, 0.4) is 0 Å². The molecule has 18 nitrogen and oxygen atoms in total. The molecule has 0 aliphatic heterocycles. The van der Waals surface area contributed by atoms with E-state index in [1.54, 1.807) is 87.6 Å². The molecule has 394 valence electrons. The number of carbonyl (C=O) groups excluding carboxylic acids is 2. The molecule has 0 bridgehead atoms. The molecule has 8 aromatic rings. The fourth-order valence-corrected chi connectivity index (χ4v) is 7.93. The summed E-state index contributed by atoms with van der Waals surface area (Å²) in [6.45, 7) is 5.33. The van der Waals surface area contributed by atoms with E-state index in [0.717, 1.165) is 40.8 Å². The van der Waals surface area contributed by atoms with Crippen molar-refractivity contribution in [3.63, 3.8) is 0 Å². The summed E-state index contributed by atoms with van der Waals surface area (Å²) in [5.41, 5.74) is 12.3. The van der Waals surface area contributed by atoms with E-state index in [9.17, 15) is 26.8 Å². The maximum atomic E-state index is 13.5. The minimum absolute atomic E-state index is 0.00205. The van der Waals surface area contributed by atoms with Gasteiger partial charge in [0, 0.05) is 96.5 Å². The zero-order valence-electron chi connectivity index (χ0n) is 41.2. The Balaban J connectivity index is 0.000000216. The highest BCUT2D eigenvalue weighted by atomic mass is 35.5. The van der Waals surface area contributed by atoms with Gasteiger partial charge >= 0.3 is 11.9 Å². The maximum Gasteiger partial charge on any atom is 0.330 e. The molecule has 0 fully saturated rings. The number of carbonyl (C=O) groups is 2. The Hall–Kier alpha value is -8.37. The van der Waals surface area contributed by atoms with Gasteiger partial charge in [0.15, 0.2) is 14.9 Å². The highest BCUT2D eigenvalue weighted by Crippen LogP contribution is 2.31. The van der Waals surface area contributed by atoms with Crippen LogP contribution in [0.2, 0.25) is 10.0 Å². The number of nitrogens with zero attached hydrogens (tertiary/aromatic N) is 6. The molecule has 0 unspecified atom stereocenters. The number of imidazole rings is 2. The van der Waals surface area contributed by atoms with Crippen molar-refractivity contribution < 1.29 is 36.3 Å². The second-order valence-electron chi connectivity index (χ2n) is 15.9. The average Bonchev–Trinajstić information content (AvgIpc) is 4.14. The molecule has 7 N–H and O–H groups in total. The van der Waals surface area contributed by atoms with Crippen LogP contribution >= 0.6 is 23.2 Å². The molecule has 76 heavy (non-hydrogen) atoms. The first-order valence-corrected chi connectivity index (χ1v) is 25.9. The predicted molar refractivity (Wildman–Crippen MR) is 291 cm³/mol. The minimum Gasteiger partial charge on any atom is -0.463 e. The quantitative estimate of drug-likeness (QED) is 0.0250. The van der Waals surface area contributed by atoms with E-state index < -0.39 is 33.4 Å². The first-order chi connectivity index (χ1) is 36.6. The van der Waals surface area contributed by atoms with E-state index in [1.165, 1.54) is 48.7 Å². The van der Waals surface area contributed by atoms with E-state index in [2.05, 4.69) is 55.8 Å². The highest BCUT2D eigenvalue weighted by molar-refractivity contribution is 7.90. The number of esters is 2. The molecule has 0 amide bonds. The topological polar surface area (TPSA) is 258 Å². The molecule has 0 spiro atoms. The Morgan fingerprint density at radius 2 is 1.18 bits per heavy atom. The number of aromatic amines is 2. The van der Waals surface area contributed by atoms with Crippen LogP contribution in [0.4, 0.5) is 37.9 Å². The van der Waals surface area contributed by atoms with Gasteiger partial charge in [-0.1, -0.05) is 59.6 Å². The zero-order valence-corrected chi connectivity index (χ0v) is 43.6. The van der Waals surface area contributed by atoms with Gasteiger partial charge in [-0.3, -0.25) is 0 Å². The normalized spacial score (nSPS) is 11.1. The molecule has 4 heterocycles. The summed E-state index contributed by atoms with van der Waals surface area (Å²) in [6.07, 6.45) is 18.5. The van der Waals surface area contributed by atoms with Gasteiger partial charge < -0.3 is 41.1 Å². The van der Waals surface area contributed by atoms with Crippen molar-refractivity contribution in [2.24, 2.45) is 5.73 Å². The number of nitrogens with two attached hydrogens (primary N) is 1. The summed E-state index contributed by atoms with van der Waals surface area (Å²) < 4.78 is 61.6. The largest absolute Gasteiger partial charge is 0.463 e. The number of sulfone groups is 1. The van der Waals surface area contributed by atoms with Crippen molar-refractivity contribution in [1.82, 2.24) is 39.9 Å². The molecular weight excluding hydrogens is 1040 g/mol. The molecule has 23 heteroatoms. The number of aromatic nitrogens is 8. The molecule has 0 aliphatic carbocycles. The zero-order chi connectivity index (χ0) is 54.5. The molecule has 0 saturated carbocycles. The highest BCUT2D eigenvalue weighted by Gasteiger charge is 2.19. The third kappa shape index (κ3) is 17.6. The maximum absolute atomic E-state index is 13.5. The van der Waals surface area contributed by atoms with Crippen molar-refractivity contribution >= 4 is 86.2 Å².